The summed E-state index contributed by atoms with van der Waals surface area (Å²) in [6.45, 7) is 0. The first kappa shape index (κ1) is 10.3. The van der Waals surface area contributed by atoms with Crippen molar-refractivity contribution in [2.24, 2.45) is 7.05 Å². The lowest BCUT2D eigenvalue weighted by Crippen LogP contribution is -2.17. The predicted molar refractivity (Wildman–Crippen MR) is 69.2 cm³/mol. The summed E-state index contributed by atoms with van der Waals surface area (Å²) in [4.78, 5) is 4.40. The van der Waals surface area contributed by atoms with Crippen LogP contribution in [0.5, 0.6) is 0 Å². The molecule has 15 heavy (non-hydrogen) atoms. The molecular formula is C10H14IN2OP. The number of aryl methyl sites for hydroxylation is 1. The molecule has 1 aromatic rings. The zero-order chi connectivity index (χ0) is 10.6. The molecule has 0 aliphatic heterocycles. The number of nitrogens with zero attached hydrogens (tertiary/aromatic N) is 2. The van der Waals surface area contributed by atoms with Crippen LogP contribution in [0.1, 0.15) is 25.7 Å². The van der Waals surface area contributed by atoms with E-state index in [0.29, 0.717) is 11.3 Å². The lowest BCUT2D eigenvalue weighted by Gasteiger charge is -2.15. The lowest BCUT2D eigenvalue weighted by molar-refractivity contribution is 0.578. The van der Waals surface area contributed by atoms with Crippen molar-refractivity contribution in [3.63, 3.8) is 0 Å². The monoisotopic (exact) mass is 336 g/mol. The van der Waals surface area contributed by atoms with Crippen molar-refractivity contribution in [3.05, 3.63) is 10.0 Å². The Labute approximate surface area is 103 Å². The van der Waals surface area contributed by atoms with Gasteiger partial charge < -0.3 is 9.13 Å². The number of rotatable bonds is 3. The highest BCUT2D eigenvalue weighted by molar-refractivity contribution is 14.1. The van der Waals surface area contributed by atoms with Gasteiger partial charge in [-0.3, -0.25) is 0 Å². The van der Waals surface area contributed by atoms with Crippen LogP contribution in [0.4, 0.5) is 0 Å². The van der Waals surface area contributed by atoms with Crippen molar-refractivity contribution in [2.45, 2.75) is 37.0 Å². The Morgan fingerprint density at radius 1 is 1.40 bits per heavy atom. The molecule has 3 nitrogen and oxygen atoms in total. The molecule has 2 saturated carbocycles. The van der Waals surface area contributed by atoms with E-state index in [9.17, 15) is 4.57 Å². The molecule has 0 amide bonds. The van der Waals surface area contributed by atoms with Crippen LogP contribution in [0, 0.1) is 3.70 Å². The van der Waals surface area contributed by atoms with Gasteiger partial charge in [0.25, 0.3) is 0 Å². The molecule has 82 valence electrons. The van der Waals surface area contributed by atoms with E-state index >= 15 is 0 Å². The molecule has 0 N–H and O–H groups in total. The molecular weight excluding hydrogens is 322 g/mol. The average Bonchev–Trinajstić information content (AvgIpc) is 3.07. The standard InChI is InChI=1S/C10H14IN2OP/c1-13-6-12-10(9(13)11)15(14,7-2-3-7)8-4-5-8/h6-8H,2-5H2,1H3. The minimum Gasteiger partial charge on any atom is -0.329 e. The summed E-state index contributed by atoms with van der Waals surface area (Å²) < 4.78 is 16.2. The summed E-state index contributed by atoms with van der Waals surface area (Å²) in [6, 6.07) is 0. The number of imidazole rings is 1. The van der Waals surface area contributed by atoms with Crippen LogP contribution in [0.2, 0.25) is 0 Å². The van der Waals surface area contributed by atoms with Crippen LogP contribution < -0.4 is 5.44 Å². The van der Waals surface area contributed by atoms with Gasteiger partial charge in [0.15, 0.2) is 0 Å². The first-order valence-corrected chi connectivity index (χ1v) is 8.33. The fourth-order valence-corrected chi connectivity index (χ4v) is 7.39. The van der Waals surface area contributed by atoms with Crippen LogP contribution in [0.25, 0.3) is 0 Å². The second-order valence-electron chi connectivity index (χ2n) is 4.64. The Morgan fingerprint density at radius 2 is 1.93 bits per heavy atom. The topological polar surface area (TPSA) is 34.9 Å². The summed E-state index contributed by atoms with van der Waals surface area (Å²) >= 11 is 2.28. The molecule has 0 spiro atoms. The minimum atomic E-state index is -2.15. The fourth-order valence-electron chi connectivity index (χ4n) is 2.20. The quantitative estimate of drug-likeness (QED) is 0.627. The van der Waals surface area contributed by atoms with E-state index in [0.717, 1.165) is 34.8 Å². The smallest absolute Gasteiger partial charge is 0.141 e. The molecule has 0 bridgehead atoms. The van der Waals surface area contributed by atoms with Gasteiger partial charge in [-0.05, 0) is 48.3 Å². The minimum absolute atomic E-state index is 0.466. The molecule has 0 saturated heterocycles. The van der Waals surface area contributed by atoms with Gasteiger partial charge in [-0.25, -0.2) is 4.98 Å². The molecule has 3 rings (SSSR count). The van der Waals surface area contributed by atoms with Crippen molar-refractivity contribution in [1.29, 1.82) is 0 Å². The van der Waals surface area contributed by atoms with Crippen molar-refractivity contribution >= 4 is 35.2 Å². The van der Waals surface area contributed by atoms with Crippen molar-refractivity contribution in [3.8, 4) is 0 Å². The van der Waals surface area contributed by atoms with E-state index in [2.05, 4.69) is 27.6 Å². The maximum atomic E-state index is 13.1. The Balaban J connectivity index is 2.09. The molecule has 0 aromatic carbocycles. The van der Waals surface area contributed by atoms with E-state index in [1.54, 1.807) is 6.33 Å². The summed E-state index contributed by atoms with van der Waals surface area (Å²) in [5, 5.41) is 0. The van der Waals surface area contributed by atoms with Gasteiger partial charge in [0.1, 0.15) is 16.3 Å². The van der Waals surface area contributed by atoms with Gasteiger partial charge in [0.2, 0.25) is 0 Å². The largest absolute Gasteiger partial charge is 0.329 e. The number of halogens is 1. The van der Waals surface area contributed by atoms with E-state index in [-0.39, 0.29) is 0 Å². The maximum absolute atomic E-state index is 13.1. The molecule has 2 aliphatic carbocycles. The predicted octanol–water partition coefficient (Wildman–Crippen LogP) is 2.34. The molecule has 0 atom stereocenters. The third kappa shape index (κ3) is 1.52. The third-order valence-electron chi connectivity index (χ3n) is 3.36. The highest BCUT2D eigenvalue weighted by Crippen LogP contribution is 2.69. The van der Waals surface area contributed by atoms with E-state index in [1.807, 2.05) is 11.6 Å². The van der Waals surface area contributed by atoms with Gasteiger partial charge in [-0.2, -0.15) is 0 Å². The Morgan fingerprint density at radius 3 is 2.27 bits per heavy atom. The first-order chi connectivity index (χ1) is 7.14. The van der Waals surface area contributed by atoms with Gasteiger partial charge in [-0.1, -0.05) is 0 Å². The van der Waals surface area contributed by atoms with Crippen molar-refractivity contribution < 1.29 is 4.57 Å². The zero-order valence-electron chi connectivity index (χ0n) is 8.69. The summed E-state index contributed by atoms with van der Waals surface area (Å²) in [5.41, 5.74) is 1.86. The SMILES string of the molecule is Cn1cnc(P(=O)(C2CC2)C2CC2)c1I. The Bertz CT molecular complexity index is 432. The number of aromatic nitrogens is 2. The first-order valence-electron chi connectivity index (χ1n) is 5.41. The highest BCUT2D eigenvalue weighted by atomic mass is 127. The van der Waals surface area contributed by atoms with E-state index < -0.39 is 7.14 Å². The van der Waals surface area contributed by atoms with Crippen molar-refractivity contribution in [1.82, 2.24) is 9.55 Å². The Kier molecular flexibility index (Phi) is 2.29. The van der Waals surface area contributed by atoms with E-state index in [1.165, 1.54) is 0 Å². The van der Waals surface area contributed by atoms with Crippen molar-refractivity contribution in [2.75, 3.05) is 0 Å². The lowest BCUT2D eigenvalue weighted by atomic mass is 10.9. The normalized spacial score (nSPS) is 22.0. The van der Waals surface area contributed by atoms with Crippen LogP contribution in [-0.2, 0) is 11.6 Å². The molecule has 1 heterocycles. The second-order valence-corrected chi connectivity index (χ2v) is 8.97. The van der Waals surface area contributed by atoms with Crippen LogP contribution >= 0.6 is 29.7 Å². The summed E-state index contributed by atoms with van der Waals surface area (Å²) in [6.07, 6.45) is 6.41. The summed E-state index contributed by atoms with van der Waals surface area (Å²) in [5.74, 6) is 0. The second kappa shape index (κ2) is 3.33. The number of hydrogen-bond acceptors (Lipinski definition) is 2. The average molecular weight is 336 g/mol. The Hall–Kier alpha value is 0.170. The highest BCUT2D eigenvalue weighted by Gasteiger charge is 2.53. The third-order valence-corrected chi connectivity index (χ3v) is 9.25. The molecule has 0 unspecified atom stereocenters. The summed E-state index contributed by atoms with van der Waals surface area (Å²) in [7, 11) is -0.175. The molecule has 2 fully saturated rings. The molecule has 2 aliphatic rings. The van der Waals surface area contributed by atoms with Crippen LogP contribution in [0.15, 0.2) is 6.33 Å². The van der Waals surface area contributed by atoms with Crippen LogP contribution in [0.3, 0.4) is 0 Å². The van der Waals surface area contributed by atoms with Gasteiger partial charge in [0, 0.05) is 18.4 Å². The molecule has 5 heteroatoms. The van der Waals surface area contributed by atoms with Crippen LogP contribution in [-0.4, -0.2) is 20.9 Å². The fraction of sp³-hybridized carbons (Fsp3) is 0.700. The molecule has 0 radical (unpaired) electrons. The molecule has 1 aromatic heterocycles. The van der Waals surface area contributed by atoms with Gasteiger partial charge in [-0.15, -0.1) is 0 Å². The number of hydrogen-bond donors (Lipinski definition) is 0. The zero-order valence-corrected chi connectivity index (χ0v) is 11.7. The maximum Gasteiger partial charge on any atom is 0.141 e. The van der Waals surface area contributed by atoms with Gasteiger partial charge in [0.05, 0.1) is 6.33 Å². The van der Waals surface area contributed by atoms with E-state index in [4.69, 9.17) is 0 Å². The van der Waals surface area contributed by atoms with Gasteiger partial charge >= 0.3 is 0 Å².